The largest absolute Gasteiger partial charge is 0.454 e. The molecule has 2 heterocycles. The third kappa shape index (κ3) is 4.15. The molecule has 0 amide bonds. The molecule has 0 fully saturated rings. The summed E-state index contributed by atoms with van der Waals surface area (Å²) in [6.45, 7) is 2.87. The molecule has 2 aliphatic heterocycles. The number of halogens is 1. The Kier molecular flexibility index (Phi) is 5.54. The van der Waals surface area contributed by atoms with Crippen LogP contribution in [-0.4, -0.2) is 51.3 Å². The van der Waals surface area contributed by atoms with Crippen LogP contribution in [0.3, 0.4) is 0 Å². The Morgan fingerprint density at radius 2 is 1.96 bits per heavy atom. The number of aliphatic hydroxyl groups is 1. The van der Waals surface area contributed by atoms with Crippen molar-refractivity contribution in [3.63, 3.8) is 0 Å². The molecule has 1 unspecified atom stereocenters. The first-order valence-electron chi connectivity index (χ1n) is 9.50. The molecule has 0 aromatic heterocycles. The quantitative estimate of drug-likeness (QED) is 0.821. The van der Waals surface area contributed by atoms with E-state index in [4.69, 9.17) is 14.2 Å². The van der Waals surface area contributed by atoms with Crippen LogP contribution in [0.1, 0.15) is 12.0 Å². The molecule has 0 radical (unpaired) electrons. The topological polar surface area (TPSA) is 54.4 Å². The van der Waals surface area contributed by atoms with Gasteiger partial charge in [-0.25, -0.2) is 4.39 Å². The standard InChI is InChI=1S/C21H25FN2O4/c1-23-7-2-8-24(19-10-16(22)4-5-18(19)23)11-17(25)13-26-12-15-3-6-20-21(9-15)28-14-27-20/h3-6,9-10,17,25H,2,7-8,11-14H2,1H3. The normalized spacial score (nSPS) is 16.7. The third-order valence-corrected chi connectivity index (χ3v) is 5.06. The Morgan fingerprint density at radius 3 is 2.86 bits per heavy atom. The summed E-state index contributed by atoms with van der Waals surface area (Å²) in [6, 6.07) is 10.5. The first-order valence-corrected chi connectivity index (χ1v) is 9.50. The van der Waals surface area contributed by atoms with Crippen molar-refractivity contribution in [1.82, 2.24) is 0 Å². The minimum Gasteiger partial charge on any atom is -0.454 e. The van der Waals surface area contributed by atoms with Crippen molar-refractivity contribution in [2.45, 2.75) is 19.1 Å². The van der Waals surface area contributed by atoms with E-state index in [-0.39, 0.29) is 19.2 Å². The highest BCUT2D eigenvalue weighted by molar-refractivity contribution is 5.72. The molecule has 0 aliphatic carbocycles. The monoisotopic (exact) mass is 388 g/mol. The van der Waals surface area contributed by atoms with Crippen molar-refractivity contribution in [2.24, 2.45) is 0 Å². The van der Waals surface area contributed by atoms with E-state index < -0.39 is 6.10 Å². The molecule has 28 heavy (non-hydrogen) atoms. The predicted octanol–water partition coefficient (Wildman–Crippen LogP) is 2.78. The summed E-state index contributed by atoms with van der Waals surface area (Å²) in [4.78, 5) is 4.16. The van der Waals surface area contributed by atoms with Gasteiger partial charge in [0, 0.05) is 26.7 Å². The van der Waals surface area contributed by atoms with Crippen molar-refractivity contribution in [3.8, 4) is 11.5 Å². The van der Waals surface area contributed by atoms with Crippen molar-refractivity contribution in [3.05, 3.63) is 47.8 Å². The fourth-order valence-corrected chi connectivity index (χ4v) is 3.65. The lowest BCUT2D eigenvalue weighted by atomic mass is 10.2. The van der Waals surface area contributed by atoms with Crippen LogP contribution in [0.2, 0.25) is 0 Å². The van der Waals surface area contributed by atoms with Gasteiger partial charge in [0.25, 0.3) is 0 Å². The van der Waals surface area contributed by atoms with Gasteiger partial charge in [-0.05, 0) is 42.3 Å². The first kappa shape index (κ1) is 18.8. The van der Waals surface area contributed by atoms with Gasteiger partial charge in [0.1, 0.15) is 5.82 Å². The van der Waals surface area contributed by atoms with Crippen LogP contribution in [-0.2, 0) is 11.3 Å². The molecule has 0 saturated heterocycles. The van der Waals surface area contributed by atoms with E-state index >= 15 is 0 Å². The maximum Gasteiger partial charge on any atom is 0.231 e. The summed E-state index contributed by atoms with van der Waals surface area (Å²) in [5.74, 6) is 1.18. The fraction of sp³-hybridized carbons (Fsp3) is 0.429. The minimum atomic E-state index is -0.673. The van der Waals surface area contributed by atoms with Crippen molar-refractivity contribution < 1.29 is 23.7 Å². The van der Waals surface area contributed by atoms with Gasteiger partial charge in [-0.1, -0.05) is 6.07 Å². The first-order chi connectivity index (χ1) is 13.6. The summed E-state index contributed by atoms with van der Waals surface area (Å²) in [6.07, 6.45) is 0.269. The van der Waals surface area contributed by atoms with Gasteiger partial charge in [0.05, 0.1) is 30.7 Å². The van der Waals surface area contributed by atoms with Gasteiger partial charge in [-0.2, -0.15) is 0 Å². The molecule has 150 valence electrons. The number of benzene rings is 2. The smallest absolute Gasteiger partial charge is 0.231 e. The number of anilines is 2. The van der Waals surface area contributed by atoms with E-state index in [1.807, 2.05) is 30.1 Å². The Balaban J connectivity index is 1.34. The molecule has 2 aromatic carbocycles. The van der Waals surface area contributed by atoms with Crippen LogP contribution in [0.4, 0.5) is 15.8 Å². The maximum atomic E-state index is 13.8. The molecule has 6 nitrogen and oxygen atoms in total. The molecule has 1 N–H and O–H groups in total. The average Bonchev–Trinajstić information content (AvgIpc) is 3.09. The summed E-state index contributed by atoms with van der Waals surface area (Å²) >= 11 is 0. The number of hydrogen-bond acceptors (Lipinski definition) is 6. The molecule has 4 rings (SSSR count). The van der Waals surface area contributed by atoms with E-state index in [9.17, 15) is 9.50 Å². The number of nitrogens with zero attached hydrogens (tertiary/aromatic N) is 2. The van der Waals surface area contributed by atoms with E-state index in [1.54, 1.807) is 6.07 Å². The molecule has 7 heteroatoms. The Bertz CT molecular complexity index is 832. The summed E-state index contributed by atoms with van der Waals surface area (Å²) in [5, 5.41) is 10.5. The minimum absolute atomic E-state index is 0.200. The molecule has 2 aliphatic rings. The number of fused-ring (bicyclic) bond motifs is 2. The van der Waals surface area contributed by atoms with E-state index in [2.05, 4.69) is 4.90 Å². The molecular weight excluding hydrogens is 363 g/mol. The Hall–Kier alpha value is -2.51. The van der Waals surface area contributed by atoms with Crippen molar-refractivity contribution >= 4 is 11.4 Å². The second kappa shape index (κ2) is 8.24. The van der Waals surface area contributed by atoms with Crippen LogP contribution in [0.5, 0.6) is 11.5 Å². The molecule has 0 spiro atoms. The fourth-order valence-electron chi connectivity index (χ4n) is 3.65. The molecule has 0 bridgehead atoms. The van der Waals surface area contributed by atoms with Gasteiger partial charge in [0.15, 0.2) is 11.5 Å². The average molecular weight is 388 g/mol. The summed E-state index contributed by atoms with van der Waals surface area (Å²) < 4.78 is 30.1. The zero-order valence-electron chi connectivity index (χ0n) is 15.9. The van der Waals surface area contributed by atoms with Crippen LogP contribution < -0.4 is 19.3 Å². The van der Waals surface area contributed by atoms with Crippen LogP contribution in [0.15, 0.2) is 36.4 Å². The zero-order valence-corrected chi connectivity index (χ0v) is 15.9. The summed E-state index contributed by atoms with van der Waals surface area (Å²) in [7, 11) is 2.01. The van der Waals surface area contributed by atoms with Crippen LogP contribution >= 0.6 is 0 Å². The van der Waals surface area contributed by atoms with E-state index in [1.165, 1.54) is 12.1 Å². The third-order valence-electron chi connectivity index (χ3n) is 5.06. The van der Waals surface area contributed by atoms with Crippen molar-refractivity contribution in [1.29, 1.82) is 0 Å². The zero-order chi connectivity index (χ0) is 19.5. The van der Waals surface area contributed by atoms with Gasteiger partial charge in [0.2, 0.25) is 6.79 Å². The second-order valence-electron chi connectivity index (χ2n) is 7.21. The number of aliphatic hydroxyl groups excluding tert-OH is 1. The lowest BCUT2D eigenvalue weighted by molar-refractivity contribution is 0.0319. The highest BCUT2D eigenvalue weighted by Gasteiger charge is 2.21. The highest BCUT2D eigenvalue weighted by atomic mass is 19.1. The molecule has 0 saturated carbocycles. The number of hydrogen-bond donors (Lipinski definition) is 1. The highest BCUT2D eigenvalue weighted by Crippen LogP contribution is 2.33. The second-order valence-corrected chi connectivity index (χ2v) is 7.21. The molecule has 2 aromatic rings. The Labute approximate surface area is 164 Å². The number of rotatable bonds is 6. The van der Waals surface area contributed by atoms with Gasteiger partial charge >= 0.3 is 0 Å². The van der Waals surface area contributed by atoms with Gasteiger partial charge in [-0.3, -0.25) is 0 Å². The van der Waals surface area contributed by atoms with E-state index in [0.29, 0.717) is 18.9 Å². The molecule has 1 atom stereocenters. The predicted molar refractivity (Wildman–Crippen MR) is 105 cm³/mol. The van der Waals surface area contributed by atoms with Crippen molar-refractivity contribution in [2.75, 3.05) is 49.9 Å². The number of β-amino-alcohol motifs (C(OH)–C–C–N with tert-alkyl or cyclic N) is 1. The SMILES string of the molecule is CN1CCCN(CC(O)COCc2ccc3c(c2)OCO3)c2cc(F)ccc21. The lowest BCUT2D eigenvalue weighted by Gasteiger charge is -2.28. The lowest BCUT2D eigenvalue weighted by Crippen LogP contribution is -2.35. The van der Waals surface area contributed by atoms with Crippen LogP contribution in [0.25, 0.3) is 0 Å². The number of ether oxygens (including phenoxy) is 3. The Morgan fingerprint density at radius 1 is 1.11 bits per heavy atom. The van der Waals surface area contributed by atoms with Gasteiger partial charge < -0.3 is 29.1 Å². The van der Waals surface area contributed by atoms with Crippen LogP contribution in [0, 0.1) is 5.82 Å². The van der Waals surface area contributed by atoms with Gasteiger partial charge in [-0.15, -0.1) is 0 Å². The molecular formula is C21H25FN2O4. The van der Waals surface area contributed by atoms with E-state index in [0.717, 1.165) is 42.2 Å². The summed E-state index contributed by atoms with van der Waals surface area (Å²) in [5.41, 5.74) is 2.75. The maximum absolute atomic E-state index is 13.8.